The van der Waals surface area contributed by atoms with E-state index >= 15 is 0 Å². The molecule has 0 aliphatic heterocycles. The van der Waals surface area contributed by atoms with Gasteiger partial charge in [0, 0.05) is 30.5 Å². The SMILES string of the molecule is CCOC(Cc1ccc(OCCN(CCOCC(F)(F)CC)C(=O)Oc2ccc(Br)cc2)cc1)C(=O)O. The van der Waals surface area contributed by atoms with E-state index in [-0.39, 0.29) is 39.1 Å². The fraction of sp³-hybridized carbons (Fsp3) is 0.462. The molecule has 0 fully saturated rings. The third-order valence-corrected chi connectivity index (χ3v) is 5.76. The molecule has 2 rings (SSSR count). The van der Waals surface area contributed by atoms with Crippen LogP contribution in [0.25, 0.3) is 0 Å². The van der Waals surface area contributed by atoms with E-state index < -0.39 is 30.7 Å². The molecule has 0 aromatic heterocycles. The van der Waals surface area contributed by atoms with Gasteiger partial charge in [-0.15, -0.1) is 0 Å². The van der Waals surface area contributed by atoms with Gasteiger partial charge in [0.15, 0.2) is 6.10 Å². The Morgan fingerprint density at radius 1 is 1.00 bits per heavy atom. The van der Waals surface area contributed by atoms with Crippen molar-refractivity contribution in [2.75, 3.05) is 39.5 Å². The molecule has 1 unspecified atom stereocenters. The molecule has 0 radical (unpaired) electrons. The molecule has 0 bridgehead atoms. The standard InChI is InChI=1S/C26H32BrF2NO7/c1-3-26(28,29)18-34-15-13-30(25(33)37-22-11-7-20(27)8-12-22)14-16-36-21-9-5-19(6-10-21)17-23(24(31)32)35-4-2/h5-12,23H,3-4,13-18H2,1-2H3,(H,31,32). The molecule has 1 atom stereocenters. The van der Waals surface area contributed by atoms with Crippen LogP contribution in [-0.4, -0.2) is 73.6 Å². The van der Waals surface area contributed by atoms with E-state index in [0.717, 1.165) is 10.0 Å². The number of hydrogen-bond acceptors (Lipinski definition) is 6. The zero-order chi connectivity index (χ0) is 27.3. The second-order valence-corrected chi connectivity index (χ2v) is 8.97. The van der Waals surface area contributed by atoms with Crippen molar-refractivity contribution in [3.63, 3.8) is 0 Å². The van der Waals surface area contributed by atoms with Gasteiger partial charge in [0.25, 0.3) is 5.92 Å². The topological polar surface area (TPSA) is 94.5 Å². The number of nitrogens with zero attached hydrogens (tertiary/aromatic N) is 1. The van der Waals surface area contributed by atoms with Crippen molar-refractivity contribution < 1.29 is 42.4 Å². The average molecular weight is 588 g/mol. The average Bonchev–Trinajstić information content (AvgIpc) is 2.87. The number of amides is 1. The second kappa shape index (κ2) is 15.5. The van der Waals surface area contributed by atoms with Crippen molar-refractivity contribution in [1.82, 2.24) is 4.90 Å². The minimum Gasteiger partial charge on any atom is -0.492 e. The van der Waals surface area contributed by atoms with Gasteiger partial charge < -0.3 is 29.0 Å². The highest BCUT2D eigenvalue weighted by Crippen LogP contribution is 2.19. The van der Waals surface area contributed by atoms with Crippen LogP contribution in [0.2, 0.25) is 0 Å². The summed E-state index contributed by atoms with van der Waals surface area (Å²) in [5, 5.41) is 9.23. The Balaban J connectivity index is 1.93. The number of benzene rings is 2. The number of alkyl halides is 2. The number of halogens is 3. The van der Waals surface area contributed by atoms with Crippen molar-refractivity contribution in [2.24, 2.45) is 0 Å². The van der Waals surface area contributed by atoms with E-state index in [2.05, 4.69) is 15.9 Å². The molecule has 1 N–H and O–H groups in total. The second-order valence-electron chi connectivity index (χ2n) is 8.05. The van der Waals surface area contributed by atoms with Crippen LogP contribution in [0.3, 0.4) is 0 Å². The molecular formula is C26H32BrF2NO7. The molecule has 0 aliphatic carbocycles. The minimum absolute atomic E-state index is 0.0332. The van der Waals surface area contributed by atoms with Gasteiger partial charge in [-0.05, 0) is 48.9 Å². The molecule has 8 nitrogen and oxygen atoms in total. The largest absolute Gasteiger partial charge is 0.492 e. The van der Waals surface area contributed by atoms with Crippen molar-refractivity contribution in [3.8, 4) is 11.5 Å². The van der Waals surface area contributed by atoms with Gasteiger partial charge in [-0.25, -0.2) is 18.4 Å². The predicted molar refractivity (Wildman–Crippen MR) is 136 cm³/mol. The molecular weight excluding hydrogens is 556 g/mol. The molecule has 11 heteroatoms. The molecule has 1 amide bonds. The lowest BCUT2D eigenvalue weighted by Crippen LogP contribution is -2.39. The summed E-state index contributed by atoms with van der Waals surface area (Å²) in [4.78, 5) is 25.3. The lowest BCUT2D eigenvalue weighted by molar-refractivity contribution is -0.149. The van der Waals surface area contributed by atoms with Gasteiger partial charge in [0.2, 0.25) is 0 Å². The van der Waals surface area contributed by atoms with E-state index in [9.17, 15) is 23.5 Å². The summed E-state index contributed by atoms with van der Waals surface area (Å²) in [5.74, 6) is -3.10. The molecule has 2 aromatic carbocycles. The van der Waals surface area contributed by atoms with Gasteiger partial charge in [0.05, 0.1) is 13.2 Å². The highest BCUT2D eigenvalue weighted by molar-refractivity contribution is 9.10. The van der Waals surface area contributed by atoms with E-state index in [4.69, 9.17) is 18.9 Å². The van der Waals surface area contributed by atoms with E-state index in [1.807, 2.05) is 0 Å². The third kappa shape index (κ3) is 11.4. The summed E-state index contributed by atoms with van der Waals surface area (Å²) in [6.45, 7) is 2.84. The summed E-state index contributed by atoms with van der Waals surface area (Å²) >= 11 is 3.31. The Bertz CT molecular complexity index is 974. The smallest absolute Gasteiger partial charge is 0.415 e. The highest BCUT2D eigenvalue weighted by atomic mass is 79.9. The van der Waals surface area contributed by atoms with Crippen LogP contribution in [0.1, 0.15) is 25.8 Å². The number of carboxylic acids is 1. The Kier molecular flexibility index (Phi) is 12.7. The van der Waals surface area contributed by atoms with Crippen LogP contribution >= 0.6 is 15.9 Å². The maximum Gasteiger partial charge on any atom is 0.415 e. The van der Waals surface area contributed by atoms with Gasteiger partial charge >= 0.3 is 12.1 Å². The number of ether oxygens (including phenoxy) is 4. The van der Waals surface area contributed by atoms with Crippen molar-refractivity contribution in [2.45, 2.75) is 38.7 Å². The van der Waals surface area contributed by atoms with E-state index in [1.54, 1.807) is 55.5 Å². The molecule has 0 saturated heterocycles. The van der Waals surface area contributed by atoms with E-state index in [1.165, 1.54) is 11.8 Å². The van der Waals surface area contributed by atoms with Crippen LogP contribution in [0, 0.1) is 0 Å². The van der Waals surface area contributed by atoms with Crippen LogP contribution in [-0.2, 0) is 20.7 Å². The number of hydrogen-bond donors (Lipinski definition) is 1. The van der Waals surface area contributed by atoms with Crippen molar-refractivity contribution in [3.05, 3.63) is 58.6 Å². The molecule has 37 heavy (non-hydrogen) atoms. The third-order valence-electron chi connectivity index (χ3n) is 5.23. The summed E-state index contributed by atoms with van der Waals surface area (Å²) in [5.41, 5.74) is 0.772. The van der Waals surface area contributed by atoms with Crippen LogP contribution < -0.4 is 9.47 Å². The predicted octanol–water partition coefficient (Wildman–Crippen LogP) is 5.42. The Morgan fingerprint density at radius 2 is 1.62 bits per heavy atom. The van der Waals surface area contributed by atoms with Crippen LogP contribution in [0.5, 0.6) is 11.5 Å². The summed E-state index contributed by atoms with van der Waals surface area (Å²) in [6, 6.07) is 13.6. The lowest BCUT2D eigenvalue weighted by atomic mass is 10.1. The first-order valence-electron chi connectivity index (χ1n) is 11.9. The first-order chi connectivity index (χ1) is 17.6. The Hall–Kier alpha value is -2.76. The number of rotatable bonds is 16. The first-order valence-corrected chi connectivity index (χ1v) is 12.7. The quantitative estimate of drug-likeness (QED) is 0.262. The van der Waals surface area contributed by atoms with Crippen molar-refractivity contribution in [1.29, 1.82) is 0 Å². The Labute approximate surface area is 223 Å². The van der Waals surface area contributed by atoms with Gasteiger partial charge in [0.1, 0.15) is 24.7 Å². The first kappa shape index (κ1) is 30.5. The molecule has 2 aromatic rings. The zero-order valence-corrected chi connectivity index (χ0v) is 22.4. The van der Waals surface area contributed by atoms with Gasteiger partial charge in [-0.3, -0.25) is 0 Å². The zero-order valence-electron chi connectivity index (χ0n) is 20.8. The van der Waals surface area contributed by atoms with Gasteiger partial charge in [-0.2, -0.15) is 0 Å². The number of aliphatic carboxylic acids is 1. The van der Waals surface area contributed by atoms with E-state index in [0.29, 0.717) is 18.1 Å². The maximum atomic E-state index is 13.4. The maximum absolute atomic E-state index is 13.4. The normalized spacial score (nSPS) is 12.1. The van der Waals surface area contributed by atoms with Crippen LogP contribution in [0.4, 0.5) is 13.6 Å². The summed E-state index contributed by atoms with van der Waals surface area (Å²) in [6.07, 6.45) is -1.71. The molecule has 0 aliphatic rings. The molecule has 0 saturated carbocycles. The summed E-state index contributed by atoms with van der Waals surface area (Å²) in [7, 11) is 0. The number of carboxylic acid groups (broad SMARTS) is 1. The minimum atomic E-state index is -2.93. The highest BCUT2D eigenvalue weighted by Gasteiger charge is 2.26. The van der Waals surface area contributed by atoms with Gasteiger partial charge in [-0.1, -0.05) is 35.0 Å². The molecule has 0 spiro atoms. The summed E-state index contributed by atoms with van der Waals surface area (Å²) < 4.78 is 49.1. The molecule has 204 valence electrons. The fourth-order valence-corrected chi connectivity index (χ4v) is 3.35. The molecule has 0 heterocycles. The van der Waals surface area contributed by atoms with Crippen LogP contribution in [0.15, 0.2) is 53.0 Å². The fourth-order valence-electron chi connectivity index (χ4n) is 3.09. The lowest BCUT2D eigenvalue weighted by Gasteiger charge is -2.23. The number of carbonyl (C=O) groups excluding carboxylic acids is 1. The van der Waals surface area contributed by atoms with Crippen molar-refractivity contribution >= 4 is 28.0 Å². The number of carbonyl (C=O) groups is 2. The Morgan fingerprint density at radius 3 is 2.22 bits per heavy atom. The monoisotopic (exact) mass is 587 g/mol.